The molecule has 1 aromatic carbocycles. The highest BCUT2D eigenvalue weighted by Gasteiger charge is 2.14. The van der Waals surface area contributed by atoms with Crippen molar-refractivity contribution in [1.29, 1.82) is 0 Å². The van der Waals surface area contributed by atoms with Gasteiger partial charge in [0, 0.05) is 4.70 Å². The molecule has 0 amide bonds. The van der Waals surface area contributed by atoms with Gasteiger partial charge in [-0.25, -0.2) is 4.98 Å². The predicted octanol–water partition coefficient (Wildman–Crippen LogP) is 2.74. The maximum absolute atomic E-state index is 5.27. The predicted molar refractivity (Wildman–Crippen MR) is 70.5 cm³/mol. The molecule has 92 valence electrons. The Bertz CT molecular complexity index is 800. The molecular weight excluding hydrogens is 262 g/mol. The van der Waals surface area contributed by atoms with Crippen molar-refractivity contribution >= 4 is 21.4 Å². The highest BCUT2D eigenvalue weighted by atomic mass is 32.1. The fraction of sp³-hybridized carbons (Fsp3) is 0. The number of aromatic amines is 1. The van der Waals surface area contributed by atoms with E-state index in [-0.39, 0.29) is 0 Å². The van der Waals surface area contributed by atoms with Crippen molar-refractivity contribution in [2.45, 2.75) is 0 Å². The Balaban J connectivity index is 1.80. The molecule has 0 unspecified atom stereocenters. The van der Waals surface area contributed by atoms with Crippen LogP contribution in [-0.2, 0) is 0 Å². The standard InChI is InChI=1S/C12H7N5OS/c1-2-4-8-7(3-1)5-9(19-8)12-15-11(17-18-12)10-13-6-14-16-10/h1-6H,(H,13,14,16). The van der Waals surface area contributed by atoms with Gasteiger partial charge in [0.2, 0.25) is 5.82 Å². The number of rotatable bonds is 2. The molecule has 0 fully saturated rings. The van der Waals surface area contributed by atoms with Crippen molar-refractivity contribution in [3.8, 4) is 22.4 Å². The van der Waals surface area contributed by atoms with Crippen LogP contribution in [0, 0.1) is 0 Å². The molecule has 19 heavy (non-hydrogen) atoms. The van der Waals surface area contributed by atoms with E-state index >= 15 is 0 Å². The Labute approximate surface area is 111 Å². The van der Waals surface area contributed by atoms with Crippen LogP contribution in [0.15, 0.2) is 41.2 Å². The third kappa shape index (κ3) is 1.71. The Hall–Kier alpha value is -2.54. The van der Waals surface area contributed by atoms with E-state index in [1.54, 1.807) is 11.3 Å². The number of nitrogens with one attached hydrogen (secondary N) is 1. The van der Waals surface area contributed by atoms with E-state index in [0.717, 1.165) is 4.88 Å². The van der Waals surface area contributed by atoms with Crippen LogP contribution in [-0.4, -0.2) is 25.3 Å². The third-order valence-electron chi connectivity index (χ3n) is 2.69. The summed E-state index contributed by atoms with van der Waals surface area (Å²) in [6, 6.07) is 10.2. The molecule has 0 radical (unpaired) electrons. The molecule has 4 aromatic rings. The van der Waals surface area contributed by atoms with Gasteiger partial charge in [-0.05, 0) is 17.5 Å². The van der Waals surface area contributed by atoms with Crippen molar-refractivity contribution < 1.29 is 4.52 Å². The SMILES string of the molecule is c1ccc2sc(-c3nc(-c4ncn[nH]4)no3)cc2c1. The average molecular weight is 269 g/mol. The molecule has 7 heteroatoms. The first-order valence-corrected chi connectivity index (χ1v) is 6.40. The number of aromatic nitrogens is 5. The normalized spacial score (nSPS) is 11.2. The Morgan fingerprint density at radius 1 is 1.21 bits per heavy atom. The summed E-state index contributed by atoms with van der Waals surface area (Å²) in [6.07, 6.45) is 1.41. The molecule has 3 aromatic heterocycles. The van der Waals surface area contributed by atoms with Crippen LogP contribution in [0.2, 0.25) is 0 Å². The van der Waals surface area contributed by atoms with Crippen LogP contribution < -0.4 is 0 Å². The fourth-order valence-electron chi connectivity index (χ4n) is 1.82. The molecule has 0 spiro atoms. The molecule has 0 saturated heterocycles. The van der Waals surface area contributed by atoms with Crippen molar-refractivity contribution in [1.82, 2.24) is 25.3 Å². The number of fused-ring (bicyclic) bond motifs is 1. The Kier molecular flexibility index (Phi) is 2.18. The molecule has 0 aliphatic heterocycles. The molecule has 0 saturated carbocycles. The summed E-state index contributed by atoms with van der Waals surface area (Å²) in [4.78, 5) is 9.25. The zero-order chi connectivity index (χ0) is 12.7. The number of benzene rings is 1. The Morgan fingerprint density at radius 2 is 2.16 bits per heavy atom. The molecule has 0 atom stereocenters. The molecule has 0 aliphatic carbocycles. The number of H-pyrrole nitrogens is 1. The zero-order valence-electron chi connectivity index (χ0n) is 9.57. The second-order valence-electron chi connectivity index (χ2n) is 3.91. The van der Waals surface area contributed by atoms with Gasteiger partial charge >= 0.3 is 0 Å². The molecule has 0 bridgehead atoms. The van der Waals surface area contributed by atoms with Crippen molar-refractivity contribution in [2.75, 3.05) is 0 Å². The lowest BCUT2D eigenvalue weighted by Gasteiger charge is -1.83. The topological polar surface area (TPSA) is 80.5 Å². The number of thiophene rings is 1. The van der Waals surface area contributed by atoms with E-state index < -0.39 is 0 Å². The monoisotopic (exact) mass is 269 g/mol. The van der Waals surface area contributed by atoms with Gasteiger partial charge in [0.25, 0.3) is 5.89 Å². The van der Waals surface area contributed by atoms with Gasteiger partial charge in [0.1, 0.15) is 6.33 Å². The highest BCUT2D eigenvalue weighted by Crippen LogP contribution is 2.32. The minimum absolute atomic E-state index is 0.407. The van der Waals surface area contributed by atoms with E-state index in [9.17, 15) is 0 Å². The molecule has 1 N–H and O–H groups in total. The number of hydrogen-bond donors (Lipinski definition) is 1. The van der Waals surface area contributed by atoms with Gasteiger partial charge in [-0.2, -0.15) is 10.1 Å². The summed E-state index contributed by atoms with van der Waals surface area (Å²) >= 11 is 1.62. The quantitative estimate of drug-likeness (QED) is 0.605. The lowest BCUT2D eigenvalue weighted by Crippen LogP contribution is -1.82. The summed E-state index contributed by atoms with van der Waals surface area (Å²) in [5, 5.41) is 11.5. The maximum atomic E-state index is 5.27. The van der Waals surface area contributed by atoms with Crippen LogP contribution in [0.3, 0.4) is 0 Å². The summed E-state index contributed by atoms with van der Waals surface area (Å²) in [5.41, 5.74) is 0. The minimum atomic E-state index is 0.407. The van der Waals surface area contributed by atoms with Gasteiger partial charge in [-0.3, -0.25) is 5.10 Å². The lowest BCUT2D eigenvalue weighted by molar-refractivity contribution is 0.433. The molecule has 0 aliphatic rings. The molecule has 3 heterocycles. The van der Waals surface area contributed by atoms with E-state index in [1.807, 2.05) is 18.2 Å². The van der Waals surface area contributed by atoms with Crippen molar-refractivity contribution in [2.24, 2.45) is 0 Å². The summed E-state index contributed by atoms with van der Waals surface area (Å²) in [7, 11) is 0. The van der Waals surface area contributed by atoms with Gasteiger partial charge in [-0.15, -0.1) is 11.3 Å². The summed E-state index contributed by atoms with van der Waals surface area (Å²) in [5.74, 6) is 1.40. The van der Waals surface area contributed by atoms with E-state index in [0.29, 0.717) is 17.5 Å². The van der Waals surface area contributed by atoms with E-state index in [2.05, 4.69) is 37.5 Å². The maximum Gasteiger partial charge on any atom is 0.268 e. The van der Waals surface area contributed by atoms with E-state index in [1.165, 1.54) is 16.4 Å². The first-order valence-electron chi connectivity index (χ1n) is 5.58. The van der Waals surface area contributed by atoms with Crippen LogP contribution in [0.1, 0.15) is 0 Å². The highest BCUT2D eigenvalue weighted by molar-refractivity contribution is 7.22. The lowest BCUT2D eigenvalue weighted by atomic mass is 10.2. The van der Waals surface area contributed by atoms with Crippen LogP contribution in [0.4, 0.5) is 0 Å². The van der Waals surface area contributed by atoms with Gasteiger partial charge in [-0.1, -0.05) is 23.4 Å². The van der Waals surface area contributed by atoms with Crippen molar-refractivity contribution in [3.05, 3.63) is 36.7 Å². The first-order chi connectivity index (χ1) is 9.40. The van der Waals surface area contributed by atoms with Crippen LogP contribution >= 0.6 is 11.3 Å². The first kappa shape index (κ1) is 10.4. The summed E-state index contributed by atoms with van der Waals surface area (Å²) < 4.78 is 6.46. The summed E-state index contributed by atoms with van der Waals surface area (Å²) in [6.45, 7) is 0. The number of hydrogen-bond acceptors (Lipinski definition) is 6. The fourth-order valence-corrected chi connectivity index (χ4v) is 2.80. The largest absolute Gasteiger partial charge is 0.333 e. The third-order valence-corrected chi connectivity index (χ3v) is 3.79. The Morgan fingerprint density at radius 3 is 3.00 bits per heavy atom. The molecule has 4 rings (SSSR count). The van der Waals surface area contributed by atoms with Crippen LogP contribution in [0.5, 0.6) is 0 Å². The zero-order valence-corrected chi connectivity index (χ0v) is 10.4. The second-order valence-corrected chi connectivity index (χ2v) is 4.99. The minimum Gasteiger partial charge on any atom is -0.333 e. The molecule has 6 nitrogen and oxygen atoms in total. The van der Waals surface area contributed by atoms with Gasteiger partial charge in [0.15, 0.2) is 5.82 Å². The second kappa shape index (κ2) is 3.99. The number of nitrogens with zero attached hydrogens (tertiary/aromatic N) is 4. The average Bonchev–Trinajstić information content (AvgIpc) is 3.17. The van der Waals surface area contributed by atoms with Crippen LogP contribution in [0.25, 0.3) is 32.5 Å². The smallest absolute Gasteiger partial charge is 0.268 e. The van der Waals surface area contributed by atoms with Crippen molar-refractivity contribution in [3.63, 3.8) is 0 Å². The van der Waals surface area contributed by atoms with E-state index in [4.69, 9.17) is 4.52 Å². The molecular formula is C12H7N5OS. The van der Waals surface area contributed by atoms with Gasteiger partial charge < -0.3 is 4.52 Å². The van der Waals surface area contributed by atoms with Gasteiger partial charge in [0.05, 0.1) is 4.88 Å².